The second-order valence-corrected chi connectivity index (χ2v) is 15.5. The van der Waals surface area contributed by atoms with E-state index in [1.165, 1.54) is 14.2 Å². The molecule has 11 atom stereocenters. The lowest BCUT2D eigenvalue weighted by molar-refractivity contribution is -0.364. The van der Waals surface area contributed by atoms with Crippen LogP contribution in [0.1, 0.15) is 49.5 Å². The molecular weight excluding hydrogens is 813 g/mol. The standard InChI is InChI=1S/C40H44FN3O17/c1-15(2)30(42-27(45)11-44-10-21(41)36(48)43-40(44)51)38(50)60-34-24(52-4)6-17(7-25(34)53-5)28-18-8-22-23(57-14-56-22)9-19(18)33(20-12-55-37(49)29(20)28)61-39-32(47)31(46)35-26(59-39)13-54-16(3)58-35/h6-10,15-16,20,26,28-33,35,39,46-47H,11-14H2,1-5H3,(H,42,45)(H,43,48,51)/t16-,20+,26-,28-,29+,30+,31-,32-,33-,35-,39+/m1/s1. The molecule has 0 bridgehead atoms. The minimum atomic E-state index is -1.53. The molecule has 61 heavy (non-hydrogen) atoms. The van der Waals surface area contributed by atoms with Crippen LogP contribution in [0.5, 0.6) is 28.7 Å². The van der Waals surface area contributed by atoms with Gasteiger partial charge in [-0.15, -0.1) is 0 Å². The summed E-state index contributed by atoms with van der Waals surface area (Å²) in [5.41, 5.74) is -0.672. The molecule has 4 N–H and O–H groups in total. The van der Waals surface area contributed by atoms with Crippen molar-refractivity contribution in [2.45, 2.75) is 82.4 Å². The quantitative estimate of drug-likeness (QED) is 0.150. The maximum absolute atomic E-state index is 13.9. The van der Waals surface area contributed by atoms with E-state index in [1.54, 1.807) is 50.0 Å². The Bertz CT molecular complexity index is 2310. The fourth-order valence-corrected chi connectivity index (χ4v) is 8.46. The number of nitrogens with one attached hydrogen (secondary N) is 2. The van der Waals surface area contributed by atoms with E-state index in [1.807, 2.05) is 0 Å². The minimum absolute atomic E-state index is 0.0175. The molecule has 1 aromatic heterocycles. The fraction of sp³-hybridized carbons (Fsp3) is 0.525. The van der Waals surface area contributed by atoms with Crippen molar-refractivity contribution < 1.29 is 76.4 Å². The largest absolute Gasteiger partial charge is 0.493 e. The third kappa shape index (κ3) is 7.80. The van der Waals surface area contributed by atoms with Gasteiger partial charge in [0, 0.05) is 11.8 Å². The molecular formula is C40H44FN3O17. The van der Waals surface area contributed by atoms with E-state index in [2.05, 4.69) is 5.32 Å². The topological polar surface area (TPSA) is 251 Å². The first-order chi connectivity index (χ1) is 29.2. The van der Waals surface area contributed by atoms with Crippen LogP contribution in [0, 0.1) is 23.6 Å². The number of nitrogens with zero attached hydrogens (tertiary/aromatic N) is 1. The summed E-state index contributed by atoms with van der Waals surface area (Å²) in [7, 11) is 2.67. The normalized spacial score (nSPS) is 29.2. The van der Waals surface area contributed by atoms with Gasteiger partial charge < -0.3 is 62.9 Å². The lowest BCUT2D eigenvalue weighted by atomic mass is 9.66. The minimum Gasteiger partial charge on any atom is -0.493 e. The highest BCUT2D eigenvalue weighted by molar-refractivity contribution is 5.86. The predicted molar refractivity (Wildman–Crippen MR) is 200 cm³/mol. The number of carbonyl (C=O) groups is 3. The zero-order valence-electron chi connectivity index (χ0n) is 33.5. The summed E-state index contributed by atoms with van der Waals surface area (Å²) in [5.74, 6) is -5.82. The number of halogens is 1. The van der Waals surface area contributed by atoms with Crippen molar-refractivity contribution in [2.75, 3.05) is 34.2 Å². The molecule has 20 nitrogen and oxygen atoms in total. The molecule has 5 heterocycles. The van der Waals surface area contributed by atoms with Crippen molar-refractivity contribution in [3.8, 4) is 28.7 Å². The molecule has 1 aliphatic carbocycles. The Labute approximate surface area is 345 Å². The molecule has 4 aliphatic heterocycles. The van der Waals surface area contributed by atoms with Crippen LogP contribution < -0.4 is 40.3 Å². The molecule has 3 fully saturated rings. The van der Waals surface area contributed by atoms with Gasteiger partial charge in [-0.25, -0.2) is 9.59 Å². The third-order valence-corrected chi connectivity index (χ3v) is 11.4. The molecule has 0 saturated carbocycles. The second-order valence-electron chi connectivity index (χ2n) is 15.5. The number of amides is 1. The molecule has 3 saturated heterocycles. The highest BCUT2D eigenvalue weighted by Gasteiger charge is 2.56. The number of aromatic amines is 1. The molecule has 0 spiro atoms. The van der Waals surface area contributed by atoms with E-state index in [-0.39, 0.29) is 37.3 Å². The second kappa shape index (κ2) is 16.7. The molecule has 0 radical (unpaired) electrons. The summed E-state index contributed by atoms with van der Waals surface area (Å²) in [6.07, 6.45) is -6.87. The van der Waals surface area contributed by atoms with Crippen LogP contribution in [-0.4, -0.2) is 115 Å². The number of ether oxygens (including phenoxy) is 10. The van der Waals surface area contributed by atoms with Crippen LogP contribution in [0.4, 0.5) is 4.39 Å². The van der Waals surface area contributed by atoms with Crippen molar-refractivity contribution >= 4 is 17.8 Å². The summed E-state index contributed by atoms with van der Waals surface area (Å²) in [4.78, 5) is 65.9. The maximum atomic E-state index is 13.9. The van der Waals surface area contributed by atoms with Crippen molar-refractivity contribution in [1.82, 2.24) is 14.9 Å². The number of esters is 2. The number of aliphatic hydroxyl groups is 2. The van der Waals surface area contributed by atoms with Gasteiger partial charge in [-0.1, -0.05) is 13.8 Å². The average Bonchev–Trinajstić information content (AvgIpc) is 3.86. The van der Waals surface area contributed by atoms with E-state index in [9.17, 15) is 38.6 Å². The maximum Gasteiger partial charge on any atom is 0.334 e. The van der Waals surface area contributed by atoms with Crippen molar-refractivity contribution in [3.05, 3.63) is 73.8 Å². The van der Waals surface area contributed by atoms with Crippen LogP contribution in [-0.2, 0) is 44.6 Å². The molecule has 3 aromatic rings. The highest BCUT2D eigenvalue weighted by atomic mass is 19.1. The number of aliphatic hydroxyl groups excluding tert-OH is 2. The van der Waals surface area contributed by atoms with Gasteiger partial charge in [0.15, 0.2) is 35.6 Å². The Balaban J connectivity index is 1.11. The number of carbonyl (C=O) groups excluding carboxylic acids is 3. The van der Waals surface area contributed by atoms with Gasteiger partial charge in [0.1, 0.15) is 37.0 Å². The van der Waals surface area contributed by atoms with Crippen molar-refractivity contribution in [1.29, 1.82) is 0 Å². The molecule has 2 aromatic carbocycles. The fourth-order valence-electron chi connectivity index (χ4n) is 8.46. The van der Waals surface area contributed by atoms with Gasteiger partial charge in [0.25, 0.3) is 5.56 Å². The Morgan fingerprint density at radius 3 is 2.33 bits per heavy atom. The highest BCUT2D eigenvalue weighted by Crippen LogP contribution is 2.57. The number of benzene rings is 2. The van der Waals surface area contributed by atoms with Crippen LogP contribution in [0.3, 0.4) is 0 Å². The zero-order valence-corrected chi connectivity index (χ0v) is 33.5. The summed E-state index contributed by atoms with van der Waals surface area (Å²) < 4.78 is 72.9. The van der Waals surface area contributed by atoms with Crippen LogP contribution >= 0.6 is 0 Å². The lowest BCUT2D eigenvalue weighted by Gasteiger charge is -2.47. The van der Waals surface area contributed by atoms with E-state index in [4.69, 9.17) is 47.4 Å². The number of fused-ring (bicyclic) bond motifs is 4. The Morgan fingerprint density at radius 2 is 1.66 bits per heavy atom. The van der Waals surface area contributed by atoms with Crippen LogP contribution in [0.25, 0.3) is 0 Å². The smallest absolute Gasteiger partial charge is 0.334 e. The van der Waals surface area contributed by atoms with E-state index < -0.39 is 114 Å². The molecule has 5 aliphatic rings. The molecule has 0 unspecified atom stereocenters. The summed E-state index contributed by atoms with van der Waals surface area (Å²) in [6.45, 7) is 4.16. The number of rotatable bonds is 11. The SMILES string of the molecule is COc1cc([C@@H]2c3cc4c(cc3[C@@H](O[C@@H]3O[C@@H]5CO[C@@H](C)O[C@H]5[C@H](O)[C@H]3O)[C@H]3COC(=O)[C@H]23)OCO4)cc(OC)c1OC(=O)[C@@H](NC(=O)Cn1cc(F)c(=O)[nH]c1=O)C(C)C. The first-order valence-electron chi connectivity index (χ1n) is 19.5. The predicted octanol–water partition coefficient (Wildman–Crippen LogP) is 0.369. The summed E-state index contributed by atoms with van der Waals surface area (Å²) in [5, 5.41) is 24.8. The zero-order chi connectivity index (χ0) is 43.4. The summed E-state index contributed by atoms with van der Waals surface area (Å²) >= 11 is 0. The number of H-pyrrole nitrogens is 1. The average molecular weight is 858 g/mol. The van der Waals surface area contributed by atoms with E-state index >= 15 is 0 Å². The molecule has 21 heteroatoms. The molecule has 1 amide bonds. The Morgan fingerprint density at radius 1 is 0.967 bits per heavy atom. The first kappa shape index (κ1) is 42.1. The van der Waals surface area contributed by atoms with Crippen LogP contribution in [0.2, 0.25) is 0 Å². The first-order valence-corrected chi connectivity index (χ1v) is 19.5. The van der Waals surface area contributed by atoms with Gasteiger partial charge in [-0.3, -0.25) is 23.9 Å². The Kier molecular flexibility index (Phi) is 11.5. The lowest BCUT2D eigenvalue weighted by Crippen LogP contribution is -2.63. The third-order valence-electron chi connectivity index (χ3n) is 11.4. The number of methoxy groups -OCH3 is 2. The monoisotopic (exact) mass is 857 g/mol. The van der Waals surface area contributed by atoms with Crippen LogP contribution in [0.15, 0.2) is 40.1 Å². The number of hydrogen-bond acceptors (Lipinski definition) is 17. The summed E-state index contributed by atoms with van der Waals surface area (Å²) in [6, 6.07) is 5.31. The number of cyclic esters (lactones) is 1. The van der Waals surface area contributed by atoms with Gasteiger partial charge in [0.05, 0.1) is 45.7 Å². The molecule has 328 valence electrons. The van der Waals surface area contributed by atoms with E-state index in [0.29, 0.717) is 39.0 Å². The van der Waals surface area contributed by atoms with Gasteiger partial charge in [0.2, 0.25) is 24.3 Å². The van der Waals surface area contributed by atoms with E-state index in [0.717, 1.165) is 0 Å². The van der Waals surface area contributed by atoms with Gasteiger partial charge in [-0.2, -0.15) is 4.39 Å². The Hall–Kier alpha value is -5.58. The number of hydrogen-bond donors (Lipinski definition) is 4. The van der Waals surface area contributed by atoms with Crippen molar-refractivity contribution in [3.63, 3.8) is 0 Å². The molecule has 8 rings (SSSR count). The number of aromatic nitrogens is 2. The van der Waals surface area contributed by atoms with Gasteiger partial charge in [-0.05, 0) is 53.8 Å². The van der Waals surface area contributed by atoms with Crippen molar-refractivity contribution in [2.24, 2.45) is 17.8 Å². The van der Waals surface area contributed by atoms with Gasteiger partial charge >= 0.3 is 17.6 Å².